The average Bonchev–Trinajstić information content (AvgIpc) is 2.83. The Kier molecular flexibility index (Phi) is 1.51. The monoisotopic (exact) mass is 207 g/mol. The first-order valence-electron chi connectivity index (χ1n) is 5.87. The molecule has 1 heterocycles. The third-order valence-corrected chi connectivity index (χ3v) is 3.87. The highest BCUT2D eigenvalue weighted by molar-refractivity contribution is 5.65. The molecule has 0 amide bonds. The van der Waals surface area contributed by atoms with Crippen molar-refractivity contribution in [3.8, 4) is 0 Å². The smallest absolute Gasteiger partial charge is 0.0411 e. The van der Waals surface area contributed by atoms with Gasteiger partial charge in [-0.05, 0) is 29.2 Å². The number of para-hydroxylation sites is 1. The number of anilines is 1. The zero-order valence-electron chi connectivity index (χ0n) is 8.98. The van der Waals surface area contributed by atoms with Crippen LogP contribution in [-0.4, -0.2) is 6.04 Å². The average molecular weight is 207 g/mol. The fourth-order valence-electron chi connectivity index (χ4n) is 3.21. The molecule has 0 saturated carbocycles. The first-order valence-corrected chi connectivity index (χ1v) is 5.87. The van der Waals surface area contributed by atoms with Crippen molar-refractivity contribution in [2.24, 2.45) is 0 Å². The molecule has 2 aliphatic rings. The molecular weight excluding hydrogens is 194 g/mol. The molecule has 1 nitrogen and oxygen atoms in total. The Hall–Kier alpha value is -1.76. The Morgan fingerprint density at radius 1 is 0.875 bits per heavy atom. The van der Waals surface area contributed by atoms with Crippen LogP contribution in [0.3, 0.4) is 0 Å². The van der Waals surface area contributed by atoms with Crippen molar-refractivity contribution in [1.29, 1.82) is 0 Å². The minimum absolute atomic E-state index is 0.576. The molecule has 4 rings (SSSR count). The van der Waals surface area contributed by atoms with Gasteiger partial charge in [0.15, 0.2) is 0 Å². The maximum Gasteiger partial charge on any atom is 0.0411 e. The molecule has 0 bridgehead atoms. The van der Waals surface area contributed by atoms with E-state index in [9.17, 15) is 0 Å². The van der Waals surface area contributed by atoms with Gasteiger partial charge in [0.2, 0.25) is 0 Å². The molecule has 16 heavy (non-hydrogen) atoms. The van der Waals surface area contributed by atoms with E-state index < -0.39 is 0 Å². The Morgan fingerprint density at radius 3 is 2.56 bits per heavy atom. The second-order valence-corrected chi connectivity index (χ2v) is 4.72. The summed E-state index contributed by atoms with van der Waals surface area (Å²) in [6, 6.07) is 18.1. The summed E-state index contributed by atoms with van der Waals surface area (Å²) in [7, 11) is 0. The molecule has 0 saturated heterocycles. The zero-order chi connectivity index (χ0) is 10.5. The summed E-state index contributed by atoms with van der Waals surface area (Å²) in [6.07, 6.45) is 1.16. The lowest BCUT2D eigenvalue weighted by Gasteiger charge is -2.10. The van der Waals surface area contributed by atoms with E-state index in [1.54, 1.807) is 0 Å². The predicted octanol–water partition coefficient (Wildman–Crippen LogP) is 3.17. The third-order valence-electron chi connectivity index (χ3n) is 3.87. The van der Waals surface area contributed by atoms with Crippen molar-refractivity contribution in [3.63, 3.8) is 0 Å². The minimum atomic E-state index is 0.576. The number of hydrogen-bond acceptors (Lipinski definition) is 1. The number of fused-ring (bicyclic) bond motifs is 5. The van der Waals surface area contributed by atoms with Gasteiger partial charge >= 0.3 is 0 Å². The van der Waals surface area contributed by atoms with Crippen LogP contribution in [0.2, 0.25) is 0 Å². The zero-order valence-corrected chi connectivity index (χ0v) is 8.98. The van der Waals surface area contributed by atoms with E-state index >= 15 is 0 Å². The van der Waals surface area contributed by atoms with Gasteiger partial charge in [-0.1, -0.05) is 42.5 Å². The summed E-state index contributed by atoms with van der Waals surface area (Å²) in [5.74, 6) is 0.576. The maximum atomic E-state index is 3.64. The van der Waals surface area contributed by atoms with Gasteiger partial charge in [0, 0.05) is 17.6 Å². The molecule has 0 spiro atoms. The van der Waals surface area contributed by atoms with Gasteiger partial charge in [-0.15, -0.1) is 0 Å². The summed E-state index contributed by atoms with van der Waals surface area (Å²) < 4.78 is 0. The largest absolute Gasteiger partial charge is 0.381 e. The molecule has 1 heteroatoms. The van der Waals surface area contributed by atoms with E-state index in [1.165, 1.54) is 22.4 Å². The summed E-state index contributed by atoms with van der Waals surface area (Å²) in [5, 5.41) is 3.64. The van der Waals surface area contributed by atoms with E-state index in [2.05, 4.69) is 53.8 Å². The van der Waals surface area contributed by atoms with Crippen LogP contribution in [-0.2, 0) is 6.42 Å². The first-order chi connectivity index (χ1) is 7.93. The number of benzene rings is 2. The molecular formula is C15H13N. The number of hydrogen-bond donors (Lipinski definition) is 1. The fraction of sp³-hybridized carbons (Fsp3) is 0.200. The normalized spacial score (nSPS) is 24.5. The van der Waals surface area contributed by atoms with Crippen LogP contribution in [0.1, 0.15) is 22.6 Å². The van der Waals surface area contributed by atoms with E-state index in [1.807, 2.05) is 0 Å². The SMILES string of the molecule is c1ccc2c(c1)C[C@H]1Nc3ccccc3[C@H]21. The molecule has 0 fully saturated rings. The molecule has 2 aromatic carbocycles. The Labute approximate surface area is 95.1 Å². The molecule has 1 aliphatic carbocycles. The van der Waals surface area contributed by atoms with Gasteiger partial charge in [-0.2, -0.15) is 0 Å². The van der Waals surface area contributed by atoms with Crippen molar-refractivity contribution < 1.29 is 0 Å². The molecule has 2 aromatic rings. The van der Waals surface area contributed by atoms with Gasteiger partial charge in [0.1, 0.15) is 0 Å². The van der Waals surface area contributed by atoms with Crippen molar-refractivity contribution in [2.75, 3.05) is 5.32 Å². The number of rotatable bonds is 0. The Bertz CT molecular complexity index is 509. The second-order valence-electron chi connectivity index (χ2n) is 4.72. The molecule has 1 N–H and O–H groups in total. The van der Waals surface area contributed by atoms with Crippen molar-refractivity contribution in [1.82, 2.24) is 0 Å². The van der Waals surface area contributed by atoms with E-state index in [0.717, 1.165) is 6.42 Å². The Balaban J connectivity index is 1.93. The summed E-state index contributed by atoms with van der Waals surface area (Å²) in [5.41, 5.74) is 5.83. The van der Waals surface area contributed by atoms with Crippen molar-refractivity contribution >= 4 is 5.69 Å². The van der Waals surface area contributed by atoms with Crippen LogP contribution in [0, 0.1) is 0 Å². The summed E-state index contributed by atoms with van der Waals surface area (Å²) in [6.45, 7) is 0. The van der Waals surface area contributed by atoms with Gasteiger partial charge in [-0.25, -0.2) is 0 Å². The lowest BCUT2D eigenvalue weighted by molar-refractivity contribution is 0.727. The van der Waals surface area contributed by atoms with Crippen LogP contribution in [0.5, 0.6) is 0 Å². The second kappa shape index (κ2) is 2.88. The lowest BCUT2D eigenvalue weighted by atomic mass is 9.93. The highest BCUT2D eigenvalue weighted by atomic mass is 15.0. The fourth-order valence-corrected chi connectivity index (χ4v) is 3.21. The van der Waals surface area contributed by atoms with Crippen molar-refractivity contribution in [2.45, 2.75) is 18.4 Å². The minimum Gasteiger partial charge on any atom is -0.381 e. The van der Waals surface area contributed by atoms with Crippen LogP contribution in [0.4, 0.5) is 5.69 Å². The van der Waals surface area contributed by atoms with Gasteiger partial charge in [0.05, 0.1) is 0 Å². The van der Waals surface area contributed by atoms with E-state index in [-0.39, 0.29) is 0 Å². The van der Waals surface area contributed by atoms with Crippen LogP contribution >= 0.6 is 0 Å². The maximum absolute atomic E-state index is 3.64. The van der Waals surface area contributed by atoms with Crippen LogP contribution in [0.15, 0.2) is 48.5 Å². The summed E-state index contributed by atoms with van der Waals surface area (Å²) in [4.78, 5) is 0. The molecule has 0 radical (unpaired) electrons. The standard InChI is InChI=1S/C15H13N/c1-2-6-11-10(5-1)9-14-15(11)12-7-3-4-8-13(12)16-14/h1-8,14-16H,9H2/t14-,15+/m1/s1. The third kappa shape index (κ3) is 0.955. The van der Waals surface area contributed by atoms with Gasteiger partial charge in [-0.3, -0.25) is 0 Å². The molecule has 2 atom stereocenters. The topological polar surface area (TPSA) is 12.0 Å². The molecule has 1 aliphatic heterocycles. The first kappa shape index (κ1) is 8.40. The van der Waals surface area contributed by atoms with Crippen LogP contribution < -0.4 is 5.32 Å². The highest BCUT2D eigenvalue weighted by Crippen LogP contribution is 2.46. The quantitative estimate of drug-likeness (QED) is 0.699. The highest BCUT2D eigenvalue weighted by Gasteiger charge is 2.38. The van der Waals surface area contributed by atoms with Gasteiger partial charge < -0.3 is 5.32 Å². The molecule has 78 valence electrons. The molecule has 0 unspecified atom stereocenters. The van der Waals surface area contributed by atoms with Gasteiger partial charge in [0.25, 0.3) is 0 Å². The summed E-state index contributed by atoms with van der Waals surface area (Å²) >= 11 is 0. The molecule has 0 aromatic heterocycles. The Morgan fingerprint density at radius 2 is 1.62 bits per heavy atom. The van der Waals surface area contributed by atoms with Crippen molar-refractivity contribution in [3.05, 3.63) is 65.2 Å². The van der Waals surface area contributed by atoms with E-state index in [4.69, 9.17) is 0 Å². The number of nitrogens with one attached hydrogen (secondary N) is 1. The predicted molar refractivity (Wildman–Crippen MR) is 65.8 cm³/mol. The van der Waals surface area contributed by atoms with Crippen LogP contribution in [0.25, 0.3) is 0 Å². The lowest BCUT2D eigenvalue weighted by Crippen LogP contribution is -2.16. The van der Waals surface area contributed by atoms with E-state index in [0.29, 0.717) is 12.0 Å².